The Bertz CT molecular complexity index is 147. The van der Waals surface area contributed by atoms with Gasteiger partial charge in [0, 0.05) is 3.57 Å². The van der Waals surface area contributed by atoms with Crippen molar-refractivity contribution in [3.63, 3.8) is 0 Å². The van der Waals surface area contributed by atoms with E-state index in [1.165, 1.54) is 12.1 Å². The normalized spacial score (nSPS) is 9.25. The van der Waals surface area contributed by atoms with E-state index < -0.39 is 0 Å². The molecular formula is C6H4FI. The van der Waals surface area contributed by atoms with Crippen LogP contribution in [-0.2, 0) is 0 Å². The second-order valence-corrected chi connectivity index (χ2v) is 2.68. The van der Waals surface area contributed by atoms with Crippen molar-refractivity contribution < 1.29 is 4.39 Å². The van der Waals surface area contributed by atoms with E-state index in [2.05, 4.69) is 22.6 Å². The molecule has 2 heteroatoms. The fourth-order valence-corrected chi connectivity index (χ4v) is 0.789. The first-order valence-electron chi connectivity index (χ1n) is 2.20. The third-order valence-corrected chi connectivity index (χ3v) is 1.52. The highest BCUT2D eigenvalue weighted by atomic mass is 127. The summed E-state index contributed by atoms with van der Waals surface area (Å²) >= 11 is 2.13. The lowest BCUT2D eigenvalue weighted by Gasteiger charge is -1.85. The molecule has 0 heterocycles. The zero-order chi connectivity index (χ0) is 5.98. The fourth-order valence-electron chi connectivity index (χ4n) is 0.430. The van der Waals surface area contributed by atoms with Gasteiger partial charge in [-0.3, -0.25) is 0 Å². The number of rotatable bonds is 0. The third kappa shape index (κ3) is 1.43. The summed E-state index contributed by atoms with van der Waals surface area (Å²) in [6.07, 6.45) is 0. The lowest BCUT2D eigenvalue weighted by atomic mass is 11.3. The van der Waals surface area contributed by atoms with Gasteiger partial charge < -0.3 is 0 Å². The highest BCUT2D eigenvalue weighted by Gasteiger charge is 1.84. The Balaban J connectivity index is 3.03. The van der Waals surface area contributed by atoms with E-state index in [1.54, 1.807) is 12.1 Å². The molecule has 1 aromatic rings. The Morgan fingerprint density at radius 2 is 1.62 bits per heavy atom. The molecule has 0 radical (unpaired) electrons. The average Bonchev–Trinajstić information content (AvgIpc) is 1.77. The molecule has 0 saturated carbocycles. The molecule has 0 fully saturated rings. The molecule has 42 valence electrons. The van der Waals surface area contributed by atoms with Crippen LogP contribution in [0.2, 0.25) is 0 Å². The number of hydrogen-bond donors (Lipinski definition) is 0. The van der Waals surface area contributed by atoms with Crippen LogP contribution < -0.4 is 0 Å². The van der Waals surface area contributed by atoms with E-state index >= 15 is 0 Å². The van der Waals surface area contributed by atoms with E-state index in [-0.39, 0.29) is 5.82 Å². The highest BCUT2D eigenvalue weighted by Crippen LogP contribution is 2.03. The monoisotopic (exact) mass is 228 g/mol. The Hall–Kier alpha value is -0.120. The predicted molar refractivity (Wildman–Crippen MR) is 39.1 cm³/mol. The largest absolute Gasteiger partial charge is 0.207 e. The molecule has 8 heavy (non-hydrogen) atoms. The van der Waals surface area contributed by atoms with Gasteiger partial charge in [0.2, 0.25) is 0 Å². The van der Waals surface area contributed by atoms with Crippen LogP contribution in [0.15, 0.2) is 24.3 Å². The van der Waals surface area contributed by atoms with Gasteiger partial charge in [0.15, 0.2) is 0 Å². The van der Waals surface area contributed by atoms with Gasteiger partial charge in [-0.15, -0.1) is 0 Å². The standard InChI is InChI=1S/C6H4FI/c7-5-1-3-6(8)4-2-5/h1-4H/i1+1,2+1,3+1,4+1,5+1,6+1. The van der Waals surface area contributed by atoms with Crippen LogP contribution in [0.25, 0.3) is 0 Å². The van der Waals surface area contributed by atoms with Gasteiger partial charge >= 0.3 is 0 Å². The lowest BCUT2D eigenvalue weighted by Crippen LogP contribution is -1.70. The van der Waals surface area contributed by atoms with Crippen LogP contribution in [0.3, 0.4) is 0 Å². The van der Waals surface area contributed by atoms with Crippen molar-refractivity contribution in [2.75, 3.05) is 0 Å². The van der Waals surface area contributed by atoms with Crippen molar-refractivity contribution in [3.05, 3.63) is 33.7 Å². The van der Waals surface area contributed by atoms with E-state index in [0.717, 1.165) is 3.57 Å². The van der Waals surface area contributed by atoms with Crippen LogP contribution in [0.1, 0.15) is 0 Å². The minimum Gasteiger partial charge on any atom is -0.207 e. The minimum absolute atomic E-state index is 0.176. The van der Waals surface area contributed by atoms with Crippen molar-refractivity contribution in [1.29, 1.82) is 0 Å². The van der Waals surface area contributed by atoms with Gasteiger partial charge in [0.05, 0.1) is 0 Å². The molecule has 0 amide bonds. The van der Waals surface area contributed by atoms with Crippen molar-refractivity contribution in [2.24, 2.45) is 0 Å². The first kappa shape index (κ1) is 6.01. The maximum atomic E-state index is 12.1. The van der Waals surface area contributed by atoms with Gasteiger partial charge in [-0.2, -0.15) is 0 Å². The maximum Gasteiger partial charge on any atom is 0.123 e. The van der Waals surface area contributed by atoms with Gasteiger partial charge in [-0.25, -0.2) is 4.39 Å². The third-order valence-electron chi connectivity index (χ3n) is 0.804. The second-order valence-electron chi connectivity index (χ2n) is 1.44. The Morgan fingerprint density at radius 3 is 2.00 bits per heavy atom. The van der Waals surface area contributed by atoms with Crippen molar-refractivity contribution in [3.8, 4) is 0 Å². The average molecular weight is 228 g/mol. The smallest absolute Gasteiger partial charge is 0.123 e. The van der Waals surface area contributed by atoms with Crippen LogP contribution in [0.4, 0.5) is 4.39 Å². The Kier molecular flexibility index (Phi) is 1.83. The minimum atomic E-state index is -0.176. The molecule has 0 aliphatic carbocycles. The molecule has 0 bridgehead atoms. The summed E-state index contributed by atoms with van der Waals surface area (Å²) in [5, 5.41) is 0. The zero-order valence-electron chi connectivity index (χ0n) is 4.07. The van der Waals surface area contributed by atoms with E-state index in [9.17, 15) is 4.39 Å². The summed E-state index contributed by atoms with van der Waals surface area (Å²) in [6.45, 7) is 0. The second kappa shape index (κ2) is 2.44. The predicted octanol–water partition coefficient (Wildman–Crippen LogP) is 2.43. The molecule has 0 unspecified atom stereocenters. The van der Waals surface area contributed by atoms with Gasteiger partial charge in [-0.1, -0.05) is 0 Å². The zero-order valence-corrected chi connectivity index (χ0v) is 6.22. The molecule has 0 N–H and O–H groups in total. The van der Waals surface area contributed by atoms with E-state index in [1.807, 2.05) is 0 Å². The Morgan fingerprint density at radius 1 is 1.12 bits per heavy atom. The van der Waals surface area contributed by atoms with Crippen molar-refractivity contribution in [2.45, 2.75) is 0 Å². The number of hydrogen-bond acceptors (Lipinski definition) is 0. The summed E-state index contributed by atoms with van der Waals surface area (Å²) in [6, 6.07) is 6.36. The first-order chi connectivity index (χ1) is 3.79. The number of halogens is 2. The van der Waals surface area contributed by atoms with Crippen molar-refractivity contribution in [1.82, 2.24) is 0 Å². The summed E-state index contributed by atoms with van der Waals surface area (Å²) < 4.78 is 13.1. The molecule has 0 aliphatic heterocycles. The van der Waals surface area contributed by atoms with Crippen LogP contribution in [-0.4, -0.2) is 0 Å². The molecule has 0 nitrogen and oxygen atoms in total. The van der Waals surface area contributed by atoms with E-state index in [4.69, 9.17) is 0 Å². The van der Waals surface area contributed by atoms with Crippen LogP contribution in [0, 0.1) is 9.39 Å². The highest BCUT2D eigenvalue weighted by molar-refractivity contribution is 14.1. The quantitative estimate of drug-likeness (QED) is 0.598. The summed E-state index contributed by atoms with van der Waals surface area (Å²) in [5.74, 6) is -0.176. The molecule has 1 rings (SSSR count). The van der Waals surface area contributed by atoms with Crippen molar-refractivity contribution >= 4 is 22.6 Å². The van der Waals surface area contributed by atoms with Gasteiger partial charge in [-0.05, 0) is 46.9 Å². The summed E-state index contributed by atoms with van der Waals surface area (Å²) in [7, 11) is 0. The molecule has 0 aromatic heterocycles. The molecule has 0 atom stereocenters. The van der Waals surface area contributed by atoms with Crippen LogP contribution >= 0.6 is 22.6 Å². The molecule has 0 aliphatic rings. The molecule has 0 saturated heterocycles. The van der Waals surface area contributed by atoms with Gasteiger partial charge in [0.1, 0.15) is 5.82 Å². The van der Waals surface area contributed by atoms with Gasteiger partial charge in [0.25, 0.3) is 0 Å². The number of benzene rings is 1. The molecular weight excluding hydrogens is 224 g/mol. The fraction of sp³-hybridized carbons (Fsp3) is 0. The molecule has 0 spiro atoms. The first-order valence-corrected chi connectivity index (χ1v) is 3.28. The topological polar surface area (TPSA) is 0 Å². The molecule has 1 aromatic carbocycles. The van der Waals surface area contributed by atoms with Crippen LogP contribution in [0.5, 0.6) is 0 Å². The summed E-state index contributed by atoms with van der Waals surface area (Å²) in [5.41, 5.74) is 0. The summed E-state index contributed by atoms with van der Waals surface area (Å²) in [4.78, 5) is 0. The Labute approximate surface area is 60.9 Å². The SMILES string of the molecule is F[13c]1[13cH][13cH][13c](I)[13cH][13cH]1. The van der Waals surface area contributed by atoms with E-state index in [0.29, 0.717) is 0 Å². The maximum absolute atomic E-state index is 12.1. The lowest BCUT2D eigenvalue weighted by molar-refractivity contribution is 0.627.